The molecule has 90 valence electrons. The van der Waals surface area contributed by atoms with E-state index in [0.717, 1.165) is 0 Å². The number of aromatic nitrogens is 3. The maximum atomic E-state index is 13.3. The van der Waals surface area contributed by atoms with Crippen LogP contribution in [0.4, 0.5) is 15.8 Å². The minimum Gasteiger partial charge on any atom is -0.397 e. The van der Waals surface area contributed by atoms with Gasteiger partial charge in [0.1, 0.15) is 5.82 Å². The first-order valence-electron chi connectivity index (χ1n) is 4.99. The number of nitrogens with zero attached hydrogens (tertiary/aromatic N) is 3. The van der Waals surface area contributed by atoms with E-state index >= 15 is 0 Å². The van der Waals surface area contributed by atoms with Crippen molar-refractivity contribution in [2.45, 2.75) is 6.54 Å². The minimum atomic E-state index is -0.275. The third-order valence-corrected chi connectivity index (χ3v) is 3.05. The largest absolute Gasteiger partial charge is 0.397 e. The molecule has 0 aliphatic carbocycles. The summed E-state index contributed by atoms with van der Waals surface area (Å²) >= 11 is 1.91. The van der Waals surface area contributed by atoms with Gasteiger partial charge in [-0.15, -0.1) is 5.10 Å². The van der Waals surface area contributed by atoms with Gasteiger partial charge in [-0.2, -0.15) is 0 Å². The molecule has 0 spiro atoms. The molecule has 7 heteroatoms. The van der Waals surface area contributed by atoms with Crippen molar-refractivity contribution < 1.29 is 4.39 Å². The van der Waals surface area contributed by atoms with Crippen molar-refractivity contribution in [1.29, 1.82) is 0 Å². The molecule has 1 aromatic heterocycles. The van der Waals surface area contributed by atoms with Crippen LogP contribution < -0.4 is 11.1 Å². The highest BCUT2D eigenvalue weighted by Gasteiger charge is 2.05. The summed E-state index contributed by atoms with van der Waals surface area (Å²) in [6.07, 6.45) is 3.37. The van der Waals surface area contributed by atoms with E-state index in [4.69, 9.17) is 5.73 Å². The lowest BCUT2D eigenvalue weighted by Gasteiger charge is -2.10. The van der Waals surface area contributed by atoms with Crippen molar-refractivity contribution in [3.63, 3.8) is 0 Å². The maximum absolute atomic E-state index is 13.3. The van der Waals surface area contributed by atoms with E-state index in [1.807, 2.05) is 22.6 Å². The highest BCUT2D eigenvalue weighted by Crippen LogP contribution is 2.23. The zero-order valence-corrected chi connectivity index (χ0v) is 11.1. The second-order valence-electron chi connectivity index (χ2n) is 3.45. The monoisotopic (exact) mass is 347 g/mol. The Hall–Kier alpha value is -1.38. The molecule has 0 amide bonds. The second-order valence-corrected chi connectivity index (χ2v) is 4.61. The molecule has 1 heterocycles. The van der Waals surface area contributed by atoms with Gasteiger partial charge in [-0.05, 0) is 28.7 Å². The van der Waals surface area contributed by atoms with Crippen LogP contribution in [-0.4, -0.2) is 21.5 Å². The van der Waals surface area contributed by atoms with Gasteiger partial charge in [0, 0.05) is 18.8 Å². The normalized spacial score (nSPS) is 10.5. The summed E-state index contributed by atoms with van der Waals surface area (Å²) in [7, 11) is 0. The zero-order chi connectivity index (χ0) is 12.3. The summed E-state index contributed by atoms with van der Waals surface area (Å²) in [5.74, 6) is -0.275. The predicted octanol–water partition coefficient (Wildman–Crippen LogP) is 1.72. The summed E-state index contributed by atoms with van der Waals surface area (Å²) in [5.41, 5.74) is 6.92. The number of halogens is 2. The van der Waals surface area contributed by atoms with E-state index in [-0.39, 0.29) is 5.82 Å². The third-order valence-electron chi connectivity index (χ3n) is 2.22. The topological polar surface area (TPSA) is 68.8 Å². The van der Waals surface area contributed by atoms with Crippen molar-refractivity contribution in [2.24, 2.45) is 0 Å². The number of nitrogens with one attached hydrogen (secondary N) is 1. The van der Waals surface area contributed by atoms with E-state index in [9.17, 15) is 4.39 Å². The smallest absolute Gasteiger partial charge is 0.138 e. The molecular formula is C10H11FIN5. The van der Waals surface area contributed by atoms with Crippen molar-refractivity contribution in [2.75, 3.05) is 17.6 Å². The molecule has 0 aliphatic heterocycles. The Morgan fingerprint density at radius 3 is 3.00 bits per heavy atom. The van der Waals surface area contributed by atoms with Crippen LogP contribution in [0.3, 0.4) is 0 Å². The number of hydrogen-bond donors (Lipinski definition) is 2. The predicted molar refractivity (Wildman–Crippen MR) is 72.0 cm³/mol. The summed E-state index contributed by atoms with van der Waals surface area (Å²) in [4.78, 5) is 0. The van der Waals surface area contributed by atoms with Gasteiger partial charge >= 0.3 is 0 Å². The number of nitrogens with two attached hydrogens (primary N) is 1. The van der Waals surface area contributed by atoms with Crippen molar-refractivity contribution in [1.82, 2.24) is 15.0 Å². The highest BCUT2D eigenvalue weighted by molar-refractivity contribution is 14.1. The first-order chi connectivity index (χ1) is 8.16. The molecule has 5 nitrogen and oxygen atoms in total. The molecular weight excluding hydrogens is 336 g/mol. The Morgan fingerprint density at radius 2 is 2.29 bits per heavy atom. The average molecular weight is 347 g/mol. The number of anilines is 2. The van der Waals surface area contributed by atoms with Crippen LogP contribution in [-0.2, 0) is 6.54 Å². The molecule has 0 saturated heterocycles. The Labute approximate surface area is 111 Å². The van der Waals surface area contributed by atoms with Crippen LogP contribution in [0.25, 0.3) is 0 Å². The summed E-state index contributed by atoms with van der Waals surface area (Å²) in [6.45, 7) is 1.25. The minimum absolute atomic E-state index is 0.275. The number of hydrogen-bond acceptors (Lipinski definition) is 4. The van der Waals surface area contributed by atoms with Crippen LogP contribution in [0.1, 0.15) is 0 Å². The van der Waals surface area contributed by atoms with E-state index in [1.54, 1.807) is 23.1 Å². The molecule has 0 aliphatic rings. The van der Waals surface area contributed by atoms with Gasteiger partial charge in [0.25, 0.3) is 0 Å². The summed E-state index contributed by atoms with van der Waals surface area (Å²) < 4.78 is 15.5. The first kappa shape index (κ1) is 12.1. The fourth-order valence-electron chi connectivity index (χ4n) is 1.37. The second kappa shape index (κ2) is 5.30. The van der Waals surface area contributed by atoms with Gasteiger partial charge in [0.2, 0.25) is 0 Å². The number of nitrogen functional groups attached to an aromatic ring is 1. The molecule has 0 bridgehead atoms. The van der Waals surface area contributed by atoms with Gasteiger partial charge in [0.05, 0.1) is 27.7 Å². The molecule has 2 rings (SSSR count). The van der Waals surface area contributed by atoms with Crippen molar-refractivity contribution in [3.8, 4) is 0 Å². The summed E-state index contributed by atoms with van der Waals surface area (Å²) in [6, 6.07) is 3.01. The lowest BCUT2D eigenvalue weighted by Crippen LogP contribution is -2.12. The molecule has 1 aromatic carbocycles. The Morgan fingerprint density at radius 1 is 1.47 bits per heavy atom. The fraction of sp³-hybridized carbons (Fsp3) is 0.200. The van der Waals surface area contributed by atoms with Gasteiger partial charge < -0.3 is 11.1 Å². The standard InChI is InChI=1S/C10H11FIN5/c11-7-5-10(9(13)6-8(7)12)14-1-3-17-4-2-15-16-17/h2,4-6,14H,1,3,13H2. The molecule has 0 unspecified atom stereocenters. The molecule has 0 fully saturated rings. The van der Waals surface area contributed by atoms with Crippen LogP contribution in [0.2, 0.25) is 0 Å². The van der Waals surface area contributed by atoms with Crippen LogP contribution in [0, 0.1) is 9.39 Å². The van der Waals surface area contributed by atoms with Crippen molar-refractivity contribution >= 4 is 34.0 Å². The molecule has 0 atom stereocenters. The molecule has 17 heavy (non-hydrogen) atoms. The summed E-state index contributed by atoms with van der Waals surface area (Å²) in [5, 5.41) is 10.6. The molecule has 2 aromatic rings. The molecule has 3 N–H and O–H groups in total. The average Bonchev–Trinajstić information content (AvgIpc) is 2.78. The molecule has 0 radical (unpaired) electrons. The molecule has 0 saturated carbocycles. The quantitative estimate of drug-likeness (QED) is 0.653. The number of rotatable bonds is 4. The van der Waals surface area contributed by atoms with Gasteiger partial charge in [-0.3, -0.25) is 4.68 Å². The fourth-order valence-corrected chi connectivity index (χ4v) is 1.86. The highest BCUT2D eigenvalue weighted by atomic mass is 127. The maximum Gasteiger partial charge on any atom is 0.138 e. The Bertz CT molecular complexity index is 500. The van der Waals surface area contributed by atoms with Crippen LogP contribution in [0.15, 0.2) is 24.5 Å². The van der Waals surface area contributed by atoms with Gasteiger partial charge in [-0.1, -0.05) is 5.21 Å². The van der Waals surface area contributed by atoms with Gasteiger partial charge in [-0.25, -0.2) is 4.39 Å². The lowest BCUT2D eigenvalue weighted by molar-refractivity contribution is 0.607. The zero-order valence-electron chi connectivity index (χ0n) is 8.90. The SMILES string of the molecule is Nc1cc(I)c(F)cc1NCCn1ccnn1. The van der Waals surface area contributed by atoms with Gasteiger partial charge in [0.15, 0.2) is 0 Å². The van der Waals surface area contributed by atoms with E-state index in [2.05, 4.69) is 15.6 Å². The van der Waals surface area contributed by atoms with E-state index in [1.165, 1.54) is 6.07 Å². The first-order valence-corrected chi connectivity index (χ1v) is 6.07. The van der Waals surface area contributed by atoms with E-state index < -0.39 is 0 Å². The van der Waals surface area contributed by atoms with Crippen molar-refractivity contribution in [3.05, 3.63) is 33.9 Å². The van der Waals surface area contributed by atoms with Crippen LogP contribution >= 0.6 is 22.6 Å². The van der Waals surface area contributed by atoms with E-state index in [0.29, 0.717) is 28.0 Å². The lowest BCUT2D eigenvalue weighted by atomic mass is 10.2. The number of benzene rings is 1. The Kier molecular flexibility index (Phi) is 3.77. The Balaban J connectivity index is 1.97. The van der Waals surface area contributed by atoms with Crippen LogP contribution in [0.5, 0.6) is 0 Å². The third kappa shape index (κ3) is 3.05.